The molecule has 7 heteroatoms. The fourth-order valence-corrected chi connectivity index (χ4v) is 5.95. The summed E-state index contributed by atoms with van der Waals surface area (Å²) < 4.78 is 27.2. The number of carboxylic acids is 1. The first-order chi connectivity index (χ1) is 9.82. The normalized spacial score (nSPS) is 29.0. The molecule has 0 spiro atoms. The number of sulfonamides is 1. The predicted molar refractivity (Wildman–Crippen MR) is 77.8 cm³/mol. The van der Waals surface area contributed by atoms with Crippen molar-refractivity contribution < 1.29 is 18.3 Å². The minimum Gasteiger partial charge on any atom is -0.481 e. The molecule has 2 saturated heterocycles. The van der Waals surface area contributed by atoms with E-state index in [1.54, 1.807) is 19.1 Å². The third-order valence-corrected chi connectivity index (χ3v) is 6.86. The van der Waals surface area contributed by atoms with Gasteiger partial charge in [-0.05, 0) is 49.9 Å². The Bertz CT molecular complexity index is 703. The molecule has 1 N–H and O–H groups in total. The van der Waals surface area contributed by atoms with Gasteiger partial charge in [-0.15, -0.1) is 0 Å². The number of aryl methyl sites for hydroxylation is 1. The molecular weight excluding hydrogens is 314 g/mol. The fraction of sp³-hybridized carbons (Fsp3) is 0.500. The SMILES string of the molecule is Cc1cc(Cl)ccc1S(=O)(=O)N1C2CCC1C(C(=O)O)C2. The number of benzene rings is 1. The molecule has 2 aliphatic heterocycles. The lowest BCUT2D eigenvalue weighted by molar-refractivity contribution is -0.142. The number of nitrogens with zero attached hydrogens (tertiary/aromatic N) is 1. The van der Waals surface area contributed by atoms with E-state index in [1.807, 2.05) is 0 Å². The number of carboxylic acid groups (broad SMARTS) is 1. The maximum Gasteiger partial charge on any atom is 0.308 e. The number of hydrogen-bond acceptors (Lipinski definition) is 3. The second kappa shape index (κ2) is 4.97. The zero-order valence-electron chi connectivity index (χ0n) is 11.5. The van der Waals surface area contributed by atoms with Crippen molar-refractivity contribution in [3.05, 3.63) is 28.8 Å². The monoisotopic (exact) mass is 329 g/mol. The van der Waals surface area contributed by atoms with Crippen LogP contribution in [0.15, 0.2) is 23.1 Å². The maximum atomic E-state index is 12.9. The minimum atomic E-state index is -3.68. The molecule has 0 radical (unpaired) electrons. The lowest BCUT2D eigenvalue weighted by Gasteiger charge is -2.23. The van der Waals surface area contributed by atoms with Gasteiger partial charge >= 0.3 is 5.97 Å². The number of fused-ring (bicyclic) bond motifs is 2. The first-order valence-corrected chi connectivity index (χ1v) is 8.66. The largest absolute Gasteiger partial charge is 0.481 e. The molecule has 5 nitrogen and oxygen atoms in total. The summed E-state index contributed by atoms with van der Waals surface area (Å²) in [7, 11) is -3.68. The molecule has 114 valence electrons. The van der Waals surface area contributed by atoms with Gasteiger partial charge in [-0.3, -0.25) is 4.79 Å². The highest BCUT2D eigenvalue weighted by molar-refractivity contribution is 7.89. The number of halogens is 1. The summed E-state index contributed by atoms with van der Waals surface area (Å²) in [6, 6.07) is 4.04. The minimum absolute atomic E-state index is 0.198. The van der Waals surface area contributed by atoms with E-state index in [1.165, 1.54) is 10.4 Å². The van der Waals surface area contributed by atoms with Gasteiger partial charge in [-0.25, -0.2) is 8.42 Å². The zero-order chi connectivity index (χ0) is 15.4. The van der Waals surface area contributed by atoms with Gasteiger partial charge in [-0.1, -0.05) is 11.6 Å². The Kier molecular flexibility index (Phi) is 3.50. The van der Waals surface area contributed by atoms with Crippen LogP contribution in [0.1, 0.15) is 24.8 Å². The van der Waals surface area contributed by atoms with Crippen LogP contribution in [0, 0.1) is 12.8 Å². The number of hydrogen-bond donors (Lipinski definition) is 1. The molecular formula is C14H16ClNO4S. The van der Waals surface area contributed by atoms with E-state index in [4.69, 9.17) is 11.6 Å². The van der Waals surface area contributed by atoms with E-state index in [0.717, 1.165) is 6.42 Å². The van der Waals surface area contributed by atoms with Crippen LogP contribution in [0.4, 0.5) is 0 Å². The van der Waals surface area contributed by atoms with Gasteiger partial charge in [0, 0.05) is 17.1 Å². The Labute approximate surface area is 128 Å². The van der Waals surface area contributed by atoms with Crippen LogP contribution >= 0.6 is 11.6 Å². The van der Waals surface area contributed by atoms with E-state index in [2.05, 4.69) is 0 Å². The molecule has 21 heavy (non-hydrogen) atoms. The molecule has 0 amide bonds. The molecule has 3 unspecified atom stereocenters. The molecule has 2 bridgehead atoms. The predicted octanol–water partition coefficient (Wildman–Crippen LogP) is 2.27. The van der Waals surface area contributed by atoms with Gasteiger partial charge in [-0.2, -0.15) is 4.31 Å². The lowest BCUT2D eigenvalue weighted by Crippen LogP contribution is -2.38. The van der Waals surface area contributed by atoms with Gasteiger partial charge in [0.05, 0.1) is 10.8 Å². The molecule has 2 heterocycles. The van der Waals surface area contributed by atoms with Crippen molar-refractivity contribution in [2.45, 2.75) is 43.2 Å². The van der Waals surface area contributed by atoms with Crippen molar-refractivity contribution in [3.63, 3.8) is 0 Å². The number of aliphatic carboxylic acids is 1. The summed E-state index contributed by atoms with van der Waals surface area (Å²) in [6.07, 6.45) is 1.76. The van der Waals surface area contributed by atoms with Gasteiger partial charge < -0.3 is 5.11 Å². The quantitative estimate of drug-likeness (QED) is 0.923. The van der Waals surface area contributed by atoms with Crippen LogP contribution in [-0.2, 0) is 14.8 Å². The van der Waals surface area contributed by atoms with Crippen molar-refractivity contribution in [2.24, 2.45) is 5.92 Å². The number of rotatable bonds is 3. The summed E-state index contributed by atoms with van der Waals surface area (Å²) in [6.45, 7) is 1.70. The first-order valence-electron chi connectivity index (χ1n) is 6.85. The van der Waals surface area contributed by atoms with Gasteiger partial charge in [0.25, 0.3) is 0 Å². The van der Waals surface area contributed by atoms with Gasteiger partial charge in [0.15, 0.2) is 0 Å². The zero-order valence-corrected chi connectivity index (χ0v) is 13.1. The Morgan fingerprint density at radius 3 is 2.67 bits per heavy atom. The summed E-state index contributed by atoms with van der Waals surface area (Å²) in [5.41, 5.74) is 0.584. The lowest BCUT2D eigenvalue weighted by atomic mass is 9.89. The molecule has 2 aliphatic rings. The van der Waals surface area contributed by atoms with E-state index in [9.17, 15) is 18.3 Å². The molecule has 3 atom stereocenters. The topological polar surface area (TPSA) is 74.7 Å². The molecule has 1 aromatic carbocycles. The smallest absolute Gasteiger partial charge is 0.308 e. The second-order valence-electron chi connectivity index (χ2n) is 5.72. The Hall–Kier alpha value is -1.11. The molecule has 0 aromatic heterocycles. The van der Waals surface area contributed by atoms with E-state index in [0.29, 0.717) is 23.4 Å². The van der Waals surface area contributed by atoms with Crippen molar-refractivity contribution in [1.29, 1.82) is 0 Å². The van der Waals surface area contributed by atoms with Crippen molar-refractivity contribution in [1.82, 2.24) is 4.31 Å². The molecule has 1 aromatic rings. The maximum absolute atomic E-state index is 12.9. The van der Waals surface area contributed by atoms with Crippen LogP contribution in [0.25, 0.3) is 0 Å². The Balaban J connectivity index is 2.02. The average Bonchev–Trinajstić information content (AvgIpc) is 2.96. The van der Waals surface area contributed by atoms with Crippen molar-refractivity contribution in [2.75, 3.05) is 0 Å². The highest BCUT2D eigenvalue weighted by Crippen LogP contribution is 2.45. The molecule has 2 fully saturated rings. The van der Waals surface area contributed by atoms with E-state index in [-0.39, 0.29) is 10.9 Å². The molecule has 0 saturated carbocycles. The molecule has 3 rings (SSSR count). The van der Waals surface area contributed by atoms with Gasteiger partial charge in [0.1, 0.15) is 0 Å². The Morgan fingerprint density at radius 2 is 2.10 bits per heavy atom. The van der Waals surface area contributed by atoms with Crippen LogP contribution in [-0.4, -0.2) is 35.9 Å². The van der Waals surface area contributed by atoms with Crippen LogP contribution in [0.3, 0.4) is 0 Å². The standard InChI is InChI=1S/C14H16ClNO4S/c1-8-6-9(15)2-5-13(8)21(19,20)16-10-3-4-12(16)11(7-10)14(17)18/h2,5-6,10-12H,3-4,7H2,1H3,(H,17,18). The highest BCUT2D eigenvalue weighted by Gasteiger charge is 2.54. The van der Waals surface area contributed by atoms with E-state index >= 15 is 0 Å². The number of carbonyl (C=O) groups is 1. The molecule has 0 aliphatic carbocycles. The van der Waals surface area contributed by atoms with E-state index < -0.39 is 28.0 Å². The van der Waals surface area contributed by atoms with Crippen molar-refractivity contribution in [3.8, 4) is 0 Å². The fourth-order valence-electron chi connectivity index (χ4n) is 3.59. The van der Waals surface area contributed by atoms with Crippen LogP contribution in [0.2, 0.25) is 5.02 Å². The van der Waals surface area contributed by atoms with Crippen molar-refractivity contribution >= 4 is 27.6 Å². The average molecular weight is 330 g/mol. The Morgan fingerprint density at radius 1 is 1.38 bits per heavy atom. The summed E-state index contributed by atoms with van der Waals surface area (Å²) in [5.74, 6) is -1.50. The third-order valence-electron chi connectivity index (χ3n) is 4.48. The third kappa shape index (κ3) is 2.25. The summed E-state index contributed by atoms with van der Waals surface area (Å²) >= 11 is 5.87. The summed E-state index contributed by atoms with van der Waals surface area (Å²) in [5, 5.41) is 9.73. The van der Waals surface area contributed by atoms with Crippen LogP contribution < -0.4 is 0 Å². The second-order valence-corrected chi connectivity index (χ2v) is 7.97. The van der Waals surface area contributed by atoms with Crippen LogP contribution in [0.5, 0.6) is 0 Å². The first kappa shape index (κ1) is 14.8. The highest BCUT2D eigenvalue weighted by atomic mass is 35.5. The summed E-state index contributed by atoms with van der Waals surface area (Å²) in [4.78, 5) is 11.5. The van der Waals surface area contributed by atoms with Gasteiger partial charge in [0.2, 0.25) is 10.0 Å².